The maximum Gasteiger partial charge on any atom is 0.408 e. The Hall–Kier alpha value is -1.35. The van der Waals surface area contributed by atoms with Gasteiger partial charge in [-0.3, -0.25) is 9.59 Å². The van der Waals surface area contributed by atoms with Gasteiger partial charge in [-0.25, -0.2) is 0 Å². The number of halogens is 3. The van der Waals surface area contributed by atoms with Crippen LogP contribution in [-0.2, 0) is 19.1 Å². The van der Waals surface area contributed by atoms with E-state index >= 15 is 0 Å². The first kappa shape index (κ1) is 16.5. The van der Waals surface area contributed by atoms with Crippen LogP contribution in [-0.4, -0.2) is 61.0 Å². The van der Waals surface area contributed by atoms with Crippen molar-refractivity contribution in [1.82, 2.24) is 10.2 Å². The monoisotopic (exact) mass is 336 g/mol. The number of rotatable bonds is 1. The molecule has 0 unspecified atom stereocenters. The lowest BCUT2D eigenvalue weighted by atomic mass is 9.91. The molecule has 23 heavy (non-hydrogen) atoms. The van der Waals surface area contributed by atoms with Gasteiger partial charge in [0.15, 0.2) is 5.79 Å². The number of ether oxygens (including phenoxy) is 2. The number of piperidine rings is 2. The molecule has 3 rings (SSSR count). The summed E-state index contributed by atoms with van der Waals surface area (Å²) in [6.07, 6.45) is -3.80. The maximum atomic E-state index is 12.6. The molecule has 0 saturated carbocycles. The summed E-state index contributed by atoms with van der Waals surface area (Å²) in [7, 11) is 0. The Balaban J connectivity index is 1.56. The van der Waals surface area contributed by atoms with Crippen LogP contribution in [0.1, 0.15) is 25.7 Å². The predicted molar refractivity (Wildman–Crippen MR) is 71.2 cm³/mol. The Kier molecular flexibility index (Phi) is 4.26. The van der Waals surface area contributed by atoms with Crippen LogP contribution in [0.3, 0.4) is 0 Å². The van der Waals surface area contributed by atoms with Gasteiger partial charge in [-0.05, 0) is 12.8 Å². The molecule has 3 aliphatic heterocycles. The second kappa shape index (κ2) is 5.94. The summed E-state index contributed by atoms with van der Waals surface area (Å²) >= 11 is 0. The Morgan fingerprint density at radius 3 is 2.30 bits per heavy atom. The van der Waals surface area contributed by atoms with E-state index in [9.17, 15) is 22.8 Å². The Morgan fingerprint density at radius 2 is 1.78 bits per heavy atom. The van der Waals surface area contributed by atoms with E-state index in [0.29, 0.717) is 39.1 Å². The van der Waals surface area contributed by atoms with E-state index < -0.39 is 35.7 Å². The standard InChI is InChI=1S/C14H19F3N2O4/c15-14(16,17)10-2-1-9(11(20)18-10)12(21)19-5-3-13(4-6-19)22-7-8-23-13/h9-10H,1-8H2,(H,18,20)/t9-,10+/m1/s1. The minimum Gasteiger partial charge on any atom is -0.347 e. The number of carbonyl (C=O) groups excluding carboxylic acids is 2. The highest BCUT2D eigenvalue weighted by atomic mass is 19.4. The zero-order valence-corrected chi connectivity index (χ0v) is 12.5. The van der Waals surface area contributed by atoms with Gasteiger partial charge in [-0.2, -0.15) is 13.2 Å². The van der Waals surface area contributed by atoms with Crippen molar-refractivity contribution in [2.45, 2.75) is 43.7 Å². The minimum atomic E-state index is -4.47. The summed E-state index contributed by atoms with van der Waals surface area (Å²) in [5.41, 5.74) is 0. The molecule has 1 spiro atoms. The van der Waals surface area contributed by atoms with E-state index in [-0.39, 0.29) is 12.8 Å². The molecule has 3 heterocycles. The first-order valence-corrected chi connectivity index (χ1v) is 7.75. The van der Waals surface area contributed by atoms with Crippen LogP contribution >= 0.6 is 0 Å². The number of nitrogens with one attached hydrogen (secondary N) is 1. The van der Waals surface area contributed by atoms with Crippen molar-refractivity contribution >= 4 is 11.8 Å². The number of hydrogen-bond donors (Lipinski definition) is 1. The normalized spacial score (nSPS) is 31.3. The molecule has 3 saturated heterocycles. The van der Waals surface area contributed by atoms with Crippen LogP contribution in [0.5, 0.6) is 0 Å². The largest absolute Gasteiger partial charge is 0.408 e. The summed E-state index contributed by atoms with van der Waals surface area (Å²) in [5, 5.41) is 1.91. The number of carbonyl (C=O) groups is 2. The van der Waals surface area contributed by atoms with Gasteiger partial charge in [0, 0.05) is 25.9 Å². The molecule has 3 aliphatic rings. The summed E-state index contributed by atoms with van der Waals surface area (Å²) in [4.78, 5) is 25.8. The average Bonchev–Trinajstić information content (AvgIpc) is 2.94. The van der Waals surface area contributed by atoms with E-state index in [2.05, 4.69) is 0 Å². The fourth-order valence-electron chi connectivity index (χ4n) is 3.36. The quantitative estimate of drug-likeness (QED) is 0.720. The molecule has 1 N–H and O–H groups in total. The summed E-state index contributed by atoms with van der Waals surface area (Å²) in [5.74, 6) is -2.91. The third-order valence-corrected chi connectivity index (χ3v) is 4.72. The maximum absolute atomic E-state index is 12.6. The van der Waals surface area contributed by atoms with Crippen molar-refractivity contribution < 1.29 is 32.2 Å². The summed E-state index contributed by atoms with van der Waals surface area (Å²) in [6.45, 7) is 1.81. The van der Waals surface area contributed by atoms with Crippen LogP contribution in [0.4, 0.5) is 13.2 Å². The third kappa shape index (κ3) is 3.30. The molecule has 2 amide bonds. The van der Waals surface area contributed by atoms with Crippen molar-refractivity contribution in [1.29, 1.82) is 0 Å². The highest BCUT2D eigenvalue weighted by Crippen LogP contribution is 2.33. The highest BCUT2D eigenvalue weighted by molar-refractivity contribution is 6.00. The fraction of sp³-hybridized carbons (Fsp3) is 0.857. The molecule has 0 bridgehead atoms. The molecule has 3 fully saturated rings. The Bertz CT molecular complexity index is 481. The van der Waals surface area contributed by atoms with E-state index in [1.165, 1.54) is 4.90 Å². The van der Waals surface area contributed by atoms with Gasteiger partial charge in [0.1, 0.15) is 12.0 Å². The van der Waals surface area contributed by atoms with E-state index in [0.717, 1.165) is 0 Å². The van der Waals surface area contributed by atoms with Crippen molar-refractivity contribution in [3.05, 3.63) is 0 Å². The molecule has 0 aliphatic carbocycles. The van der Waals surface area contributed by atoms with Crippen molar-refractivity contribution in [3.8, 4) is 0 Å². The number of hydrogen-bond acceptors (Lipinski definition) is 4. The highest BCUT2D eigenvalue weighted by Gasteiger charge is 2.48. The molecular weight excluding hydrogens is 317 g/mol. The molecular formula is C14H19F3N2O4. The number of amides is 2. The minimum absolute atomic E-state index is 0.0799. The van der Waals surface area contributed by atoms with Crippen LogP contribution in [0.15, 0.2) is 0 Å². The molecule has 0 aromatic heterocycles. The van der Waals surface area contributed by atoms with Gasteiger partial charge in [0.25, 0.3) is 0 Å². The number of alkyl halides is 3. The zero-order chi connectivity index (χ0) is 16.7. The Labute approximate surface area is 131 Å². The Morgan fingerprint density at radius 1 is 1.17 bits per heavy atom. The SMILES string of the molecule is O=C1N[C@H](C(F)(F)F)CC[C@H]1C(=O)N1CCC2(CC1)OCCO2. The summed E-state index contributed by atoms with van der Waals surface area (Å²) < 4.78 is 49.0. The first-order chi connectivity index (χ1) is 10.8. The molecule has 0 aromatic rings. The topological polar surface area (TPSA) is 67.9 Å². The van der Waals surface area contributed by atoms with Gasteiger partial charge in [-0.1, -0.05) is 0 Å². The van der Waals surface area contributed by atoms with E-state index in [4.69, 9.17) is 9.47 Å². The van der Waals surface area contributed by atoms with Crippen molar-refractivity contribution in [2.24, 2.45) is 5.92 Å². The van der Waals surface area contributed by atoms with Crippen LogP contribution < -0.4 is 5.32 Å². The molecule has 9 heteroatoms. The molecule has 130 valence electrons. The second-order valence-electron chi connectivity index (χ2n) is 6.17. The van der Waals surface area contributed by atoms with Gasteiger partial charge in [0.2, 0.25) is 11.8 Å². The van der Waals surface area contributed by atoms with Crippen LogP contribution in [0, 0.1) is 5.92 Å². The molecule has 6 nitrogen and oxygen atoms in total. The molecule has 0 radical (unpaired) electrons. The number of likely N-dealkylation sites (tertiary alicyclic amines) is 1. The lowest BCUT2D eigenvalue weighted by Gasteiger charge is -2.39. The molecule has 2 atom stereocenters. The van der Waals surface area contributed by atoms with Crippen molar-refractivity contribution in [3.63, 3.8) is 0 Å². The number of nitrogens with zero attached hydrogens (tertiary/aromatic N) is 1. The first-order valence-electron chi connectivity index (χ1n) is 7.75. The second-order valence-corrected chi connectivity index (χ2v) is 6.17. The lowest BCUT2D eigenvalue weighted by Crippen LogP contribution is -2.56. The van der Waals surface area contributed by atoms with Gasteiger partial charge >= 0.3 is 6.18 Å². The van der Waals surface area contributed by atoms with E-state index in [1.54, 1.807) is 0 Å². The predicted octanol–water partition coefficient (Wildman–Crippen LogP) is 0.809. The zero-order valence-electron chi connectivity index (χ0n) is 12.5. The van der Waals surface area contributed by atoms with Gasteiger partial charge < -0.3 is 19.7 Å². The molecule has 0 aromatic carbocycles. The van der Waals surface area contributed by atoms with Crippen molar-refractivity contribution in [2.75, 3.05) is 26.3 Å². The fourth-order valence-corrected chi connectivity index (χ4v) is 3.36. The van der Waals surface area contributed by atoms with Gasteiger partial charge in [0.05, 0.1) is 13.2 Å². The van der Waals surface area contributed by atoms with Crippen LogP contribution in [0.2, 0.25) is 0 Å². The lowest BCUT2D eigenvalue weighted by molar-refractivity contribution is -0.190. The summed E-state index contributed by atoms with van der Waals surface area (Å²) in [6, 6.07) is -1.86. The van der Waals surface area contributed by atoms with E-state index in [1.807, 2.05) is 5.32 Å². The third-order valence-electron chi connectivity index (χ3n) is 4.72. The van der Waals surface area contributed by atoms with Gasteiger partial charge in [-0.15, -0.1) is 0 Å². The van der Waals surface area contributed by atoms with Crippen LogP contribution in [0.25, 0.3) is 0 Å². The average molecular weight is 336 g/mol. The smallest absolute Gasteiger partial charge is 0.347 e.